The molecule has 0 aliphatic heterocycles. The molecule has 0 bridgehead atoms. The fourth-order valence-electron chi connectivity index (χ4n) is 2.91. The highest BCUT2D eigenvalue weighted by atomic mass is 16.6. The van der Waals surface area contributed by atoms with Crippen molar-refractivity contribution < 1.29 is 29.0 Å². The van der Waals surface area contributed by atoms with Gasteiger partial charge in [0.25, 0.3) is 0 Å². The number of esters is 1. The first-order valence-electron chi connectivity index (χ1n) is 10.9. The summed E-state index contributed by atoms with van der Waals surface area (Å²) in [6.07, 6.45) is 9.65. The summed E-state index contributed by atoms with van der Waals surface area (Å²) in [4.78, 5) is 34.9. The Morgan fingerprint density at radius 3 is 2.10 bits per heavy atom. The third kappa shape index (κ3) is 12.8. The lowest BCUT2D eigenvalue weighted by Crippen LogP contribution is -2.44. The van der Waals surface area contributed by atoms with Gasteiger partial charge in [0.2, 0.25) is 0 Å². The molecule has 1 aromatic carbocycles. The SMILES string of the molecule is CCCCCCCCCCCC(=O)OC[C@H](NC(=O)OCc1ccccc1)C(=O)O. The zero-order chi connectivity index (χ0) is 22.0. The minimum absolute atomic E-state index is 0.0252. The summed E-state index contributed by atoms with van der Waals surface area (Å²) in [6, 6.07) is 7.69. The number of amides is 1. The topological polar surface area (TPSA) is 102 Å². The highest BCUT2D eigenvalue weighted by Gasteiger charge is 2.22. The Bertz CT molecular complexity index is 619. The number of aliphatic carboxylic acids is 1. The second kappa shape index (κ2) is 16.3. The van der Waals surface area contributed by atoms with Crippen molar-refractivity contribution in [3.8, 4) is 0 Å². The van der Waals surface area contributed by atoms with Crippen LogP contribution in [0.2, 0.25) is 0 Å². The molecule has 7 nitrogen and oxygen atoms in total. The standard InChI is InChI=1S/C23H35NO6/c1-2-3-4-5-6-7-8-9-13-16-21(25)29-18-20(22(26)27)24-23(28)30-17-19-14-11-10-12-15-19/h10-12,14-15,20H,2-9,13,16-18H2,1H3,(H,24,28)(H,26,27)/t20-/m0/s1. The molecule has 0 radical (unpaired) electrons. The summed E-state index contributed by atoms with van der Waals surface area (Å²) in [6.45, 7) is 1.80. The van der Waals surface area contributed by atoms with E-state index >= 15 is 0 Å². The molecule has 0 unspecified atom stereocenters. The molecule has 1 amide bonds. The van der Waals surface area contributed by atoms with Gasteiger partial charge in [0.05, 0.1) is 0 Å². The van der Waals surface area contributed by atoms with Crippen LogP contribution >= 0.6 is 0 Å². The minimum Gasteiger partial charge on any atom is -0.480 e. The van der Waals surface area contributed by atoms with Gasteiger partial charge in [0.1, 0.15) is 13.2 Å². The molecule has 0 saturated heterocycles. The van der Waals surface area contributed by atoms with E-state index in [1.165, 1.54) is 38.5 Å². The molecule has 1 rings (SSSR count). The van der Waals surface area contributed by atoms with Crippen LogP contribution in [-0.2, 0) is 25.7 Å². The Labute approximate surface area is 179 Å². The van der Waals surface area contributed by atoms with E-state index in [-0.39, 0.29) is 13.0 Å². The van der Waals surface area contributed by atoms with Crippen molar-refractivity contribution in [2.24, 2.45) is 0 Å². The number of carbonyl (C=O) groups is 3. The van der Waals surface area contributed by atoms with Crippen molar-refractivity contribution in [1.82, 2.24) is 5.32 Å². The number of hydrogen-bond acceptors (Lipinski definition) is 5. The predicted molar refractivity (Wildman–Crippen MR) is 114 cm³/mol. The first-order chi connectivity index (χ1) is 14.5. The lowest BCUT2D eigenvalue weighted by Gasteiger charge is -2.15. The summed E-state index contributed by atoms with van der Waals surface area (Å²) in [5, 5.41) is 11.4. The molecule has 0 saturated carbocycles. The molecule has 0 aliphatic rings. The average molecular weight is 422 g/mol. The van der Waals surface area contributed by atoms with Crippen LogP contribution in [0.3, 0.4) is 0 Å². The van der Waals surface area contributed by atoms with Crippen molar-refractivity contribution >= 4 is 18.0 Å². The van der Waals surface area contributed by atoms with Crippen molar-refractivity contribution in [1.29, 1.82) is 0 Å². The van der Waals surface area contributed by atoms with Crippen LogP contribution in [0.5, 0.6) is 0 Å². The van der Waals surface area contributed by atoms with E-state index in [0.717, 1.165) is 24.8 Å². The van der Waals surface area contributed by atoms with Gasteiger partial charge in [-0.2, -0.15) is 0 Å². The van der Waals surface area contributed by atoms with Crippen LogP contribution in [0.25, 0.3) is 0 Å². The van der Waals surface area contributed by atoms with Crippen molar-refractivity contribution in [2.45, 2.75) is 83.8 Å². The van der Waals surface area contributed by atoms with E-state index in [2.05, 4.69) is 12.2 Å². The van der Waals surface area contributed by atoms with E-state index in [1.54, 1.807) is 12.1 Å². The zero-order valence-corrected chi connectivity index (χ0v) is 17.9. The van der Waals surface area contributed by atoms with Gasteiger partial charge in [-0.3, -0.25) is 4.79 Å². The number of unbranched alkanes of at least 4 members (excludes halogenated alkanes) is 8. The van der Waals surface area contributed by atoms with Gasteiger partial charge in [0, 0.05) is 6.42 Å². The summed E-state index contributed by atoms with van der Waals surface area (Å²) >= 11 is 0. The number of ether oxygens (including phenoxy) is 2. The van der Waals surface area contributed by atoms with E-state index in [1.807, 2.05) is 18.2 Å². The summed E-state index contributed by atoms with van der Waals surface area (Å²) in [5.74, 6) is -1.74. The summed E-state index contributed by atoms with van der Waals surface area (Å²) in [5.41, 5.74) is 0.784. The molecule has 1 aromatic rings. The lowest BCUT2D eigenvalue weighted by atomic mass is 10.1. The summed E-state index contributed by atoms with van der Waals surface area (Å²) in [7, 11) is 0. The van der Waals surface area contributed by atoms with Crippen LogP contribution in [0, 0.1) is 0 Å². The summed E-state index contributed by atoms with van der Waals surface area (Å²) < 4.78 is 10.0. The van der Waals surface area contributed by atoms with Crippen LogP contribution in [0.1, 0.15) is 76.7 Å². The first kappa shape index (κ1) is 25.5. The van der Waals surface area contributed by atoms with E-state index in [9.17, 15) is 19.5 Å². The Hall–Kier alpha value is -2.57. The third-order valence-corrected chi connectivity index (χ3v) is 4.70. The molecule has 0 aliphatic carbocycles. The molecule has 0 heterocycles. The number of nitrogens with one attached hydrogen (secondary N) is 1. The lowest BCUT2D eigenvalue weighted by molar-refractivity contribution is -0.148. The molecule has 1 atom stereocenters. The number of carbonyl (C=O) groups excluding carboxylic acids is 2. The maximum absolute atomic E-state index is 11.8. The molecule has 0 aromatic heterocycles. The molecule has 0 spiro atoms. The van der Waals surface area contributed by atoms with E-state index < -0.39 is 30.7 Å². The Kier molecular flexibility index (Phi) is 13.8. The van der Waals surface area contributed by atoms with Crippen molar-refractivity contribution in [3.63, 3.8) is 0 Å². The van der Waals surface area contributed by atoms with Crippen LogP contribution in [-0.4, -0.2) is 35.8 Å². The molecule has 30 heavy (non-hydrogen) atoms. The maximum Gasteiger partial charge on any atom is 0.408 e. The van der Waals surface area contributed by atoms with Gasteiger partial charge < -0.3 is 19.9 Å². The third-order valence-electron chi connectivity index (χ3n) is 4.70. The van der Waals surface area contributed by atoms with Crippen molar-refractivity contribution in [2.75, 3.05) is 6.61 Å². The van der Waals surface area contributed by atoms with Gasteiger partial charge in [-0.25, -0.2) is 9.59 Å². The van der Waals surface area contributed by atoms with Crippen molar-refractivity contribution in [3.05, 3.63) is 35.9 Å². The van der Waals surface area contributed by atoms with E-state index in [4.69, 9.17) is 9.47 Å². The molecule has 168 valence electrons. The fraction of sp³-hybridized carbons (Fsp3) is 0.609. The predicted octanol–water partition coefficient (Wildman–Crippen LogP) is 4.83. The number of carboxylic acids is 1. The number of benzene rings is 1. The molecule has 7 heteroatoms. The molecular weight excluding hydrogens is 386 g/mol. The van der Waals surface area contributed by atoms with Gasteiger partial charge in [0.15, 0.2) is 6.04 Å². The highest BCUT2D eigenvalue weighted by Crippen LogP contribution is 2.11. The largest absolute Gasteiger partial charge is 0.480 e. The number of carboxylic acid groups (broad SMARTS) is 1. The average Bonchev–Trinajstić information content (AvgIpc) is 2.74. The van der Waals surface area contributed by atoms with Gasteiger partial charge in [-0.05, 0) is 12.0 Å². The fourth-order valence-corrected chi connectivity index (χ4v) is 2.91. The van der Waals surface area contributed by atoms with Gasteiger partial charge in [-0.1, -0.05) is 88.6 Å². The minimum atomic E-state index is -1.35. The van der Waals surface area contributed by atoms with Gasteiger partial charge >= 0.3 is 18.0 Å². The molecule has 0 fully saturated rings. The number of alkyl carbamates (subject to hydrolysis) is 1. The smallest absolute Gasteiger partial charge is 0.408 e. The second-order valence-electron chi connectivity index (χ2n) is 7.36. The first-order valence-corrected chi connectivity index (χ1v) is 10.9. The molecule has 2 N–H and O–H groups in total. The highest BCUT2D eigenvalue weighted by molar-refractivity contribution is 5.80. The Morgan fingerprint density at radius 2 is 1.50 bits per heavy atom. The van der Waals surface area contributed by atoms with Crippen LogP contribution < -0.4 is 5.32 Å². The van der Waals surface area contributed by atoms with E-state index in [0.29, 0.717) is 0 Å². The Morgan fingerprint density at radius 1 is 0.900 bits per heavy atom. The normalized spacial score (nSPS) is 11.5. The quantitative estimate of drug-likeness (QED) is 0.293. The monoisotopic (exact) mass is 421 g/mol. The second-order valence-corrected chi connectivity index (χ2v) is 7.36. The number of rotatable bonds is 16. The Balaban J connectivity index is 2.15. The molecular formula is C23H35NO6. The maximum atomic E-state index is 11.8. The van der Waals surface area contributed by atoms with Crippen LogP contribution in [0.4, 0.5) is 4.79 Å². The van der Waals surface area contributed by atoms with Crippen LogP contribution in [0.15, 0.2) is 30.3 Å². The van der Waals surface area contributed by atoms with Gasteiger partial charge in [-0.15, -0.1) is 0 Å². The number of hydrogen-bond donors (Lipinski definition) is 2. The zero-order valence-electron chi connectivity index (χ0n) is 17.9.